The fourth-order valence-corrected chi connectivity index (χ4v) is 3.70. The predicted molar refractivity (Wildman–Crippen MR) is 89.8 cm³/mol. The summed E-state index contributed by atoms with van der Waals surface area (Å²) in [6.45, 7) is 3.33. The quantitative estimate of drug-likeness (QED) is 0.905. The largest absolute Gasteiger partial charge is 0.342 e. The maximum Gasteiger partial charge on any atom is 0.228 e. The maximum absolute atomic E-state index is 14.0. The normalized spacial score (nSPS) is 25.4. The molecule has 25 heavy (non-hydrogen) atoms. The fraction of sp³-hybridized carbons (Fsp3) is 0.556. The Morgan fingerprint density at radius 3 is 2.76 bits per heavy atom. The van der Waals surface area contributed by atoms with Gasteiger partial charge < -0.3 is 15.5 Å². The van der Waals surface area contributed by atoms with Crippen molar-refractivity contribution < 1.29 is 18.4 Å². The highest BCUT2D eigenvalue weighted by atomic mass is 19.1. The van der Waals surface area contributed by atoms with Crippen molar-refractivity contribution in [2.75, 3.05) is 24.5 Å². The monoisotopic (exact) mass is 351 g/mol. The average Bonchev–Trinajstić information content (AvgIpc) is 2.96. The molecular formula is C18H23F2N3O2. The standard InChI is InChI=1S/C18H23F2N3O2/c1-11(21)12-3-2-6-22(9-12)18(25)13-7-17(24)23(10-13)16-5-4-14(19)8-15(16)20/h4-5,8,11-13H,2-3,6-7,9-10,21H2,1H3. The number of halogens is 2. The van der Waals surface area contributed by atoms with E-state index < -0.39 is 17.6 Å². The van der Waals surface area contributed by atoms with Gasteiger partial charge in [-0.15, -0.1) is 0 Å². The Balaban J connectivity index is 1.70. The number of nitrogens with zero attached hydrogens (tertiary/aromatic N) is 2. The molecule has 3 rings (SSSR count). The third-order valence-electron chi connectivity index (χ3n) is 5.19. The van der Waals surface area contributed by atoms with E-state index in [0.29, 0.717) is 13.1 Å². The molecule has 2 saturated heterocycles. The van der Waals surface area contributed by atoms with Crippen LogP contribution < -0.4 is 10.6 Å². The predicted octanol–water partition coefficient (Wildman–Crippen LogP) is 1.90. The summed E-state index contributed by atoms with van der Waals surface area (Å²) in [5.74, 6) is -2.12. The summed E-state index contributed by atoms with van der Waals surface area (Å²) in [5.41, 5.74) is 5.98. The molecule has 0 bridgehead atoms. The molecule has 2 N–H and O–H groups in total. The first-order valence-electron chi connectivity index (χ1n) is 8.66. The van der Waals surface area contributed by atoms with Crippen LogP contribution in [0.15, 0.2) is 18.2 Å². The second-order valence-corrected chi connectivity index (χ2v) is 7.05. The van der Waals surface area contributed by atoms with Gasteiger partial charge in [0.05, 0.1) is 11.6 Å². The van der Waals surface area contributed by atoms with Crippen LogP contribution in [0.5, 0.6) is 0 Å². The minimum atomic E-state index is -0.795. The number of benzene rings is 1. The van der Waals surface area contributed by atoms with E-state index in [0.717, 1.165) is 25.0 Å². The summed E-state index contributed by atoms with van der Waals surface area (Å²) in [7, 11) is 0. The number of piperidine rings is 1. The molecule has 1 aromatic carbocycles. The minimum absolute atomic E-state index is 0.0191. The van der Waals surface area contributed by atoms with E-state index in [4.69, 9.17) is 5.73 Å². The molecule has 0 spiro atoms. The van der Waals surface area contributed by atoms with Crippen molar-refractivity contribution in [2.24, 2.45) is 17.6 Å². The van der Waals surface area contributed by atoms with E-state index >= 15 is 0 Å². The number of carbonyl (C=O) groups excluding carboxylic acids is 2. The van der Waals surface area contributed by atoms with Gasteiger partial charge in [0.2, 0.25) is 11.8 Å². The summed E-state index contributed by atoms with van der Waals surface area (Å²) >= 11 is 0. The summed E-state index contributed by atoms with van der Waals surface area (Å²) in [4.78, 5) is 28.1. The van der Waals surface area contributed by atoms with Crippen molar-refractivity contribution in [2.45, 2.75) is 32.2 Å². The van der Waals surface area contributed by atoms with Gasteiger partial charge in [-0.3, -0.25) is 9.59 Å². The molecule has 136 valence electrons. The van der Waals surface area contributed by atoms with Crippen LogP contribution in [0.3, 0.4) is 0 Å². The van der Waals surface area contributed by atoms with Gasteiger partial charge in [0.25, 0.3) is 0 Å². The number of amides is 2. The highest BCUT2D eigenvalue weighted by Crippen LogP contribution is 2.30. The molecule has 1 aromatic rings. The highest BCUT2D eigenvalue weighted by molar-refractivity contribution is 6.00. The summed E-state index contributed by atoms with van der Waals surface area (Å²) in [6, 6.07) is 3.11. The topological polar surface area (TPSA) is 66.6 Å². The van der Waals surface area contributed by atoms with E-state index in [1.165, 1.54) is 11.0 Å². The average molecular weight is 351 g/mol. The van der Waals surface area contributed by atoms with E-state index in [9.17, 15) is 18.4 Å². The van der Waals surface area contributed by atoms with Crippen LogP contribution in [-0.4, -0.2) is 42.4 Å². The fourth-order valence-electron chi connectivity index (χ4n) is 3.70. The summed E-state index contributed by atoms with van der Waals surface area (Å²) < 4.78 is 27.0. The molecule has 2 aliphatic heterocycles. The van der Waals surface area contributed by atoms with Gasteiger partial charge in [-0.05, 0) is 37.8 Å². The maximum atomic E-state index is 14.0. The molecule has 0 radical (unpaired) electrons. The molecule has 2 fully saturated rings. The Bertz CT molecular complexity index is 680. The smallest absolute Gasteiger partial charge is 0.228 e. The molecule has 2 aliphatic rings. The van der Waals surface area contributed by atoms with Crippen LogP contribution in [-0.2, 0) is 9.59 Å². The molecule has 2 amide bonds. The Morgan fingerprint density at radius 2 is 2.08 bits per heavy atom. The molecule has 0 aliphatic carbocycles. The molecule has 0 aromatic heterocycles. The first kappa shape index (κ1) is 17.8. The number of rotatable bonds is 3. The van der Waals surface area contributed by atoms with Gasteiger partial charge in [-0.25, -0.2) is 8.78 Å². The van der Waals surface area contributed by atoms with Crippen LogP contribution in [0.25, 0.3) is 0 Å². The lowest BCUT2D eigenvalue weighted by molar-refractivity contribution is -0.137. The third-order valence-corrected chi connectivity index (χ3v) is 5.19. The first-order chi connectivity index (χ1) is 11.9. The molecular weight excluding hydrogens is 328 g/mol. The van der Waals surface area contributed by atoms with Gasteiger partial charge in [-0.2, -0.15) is 0 Å². The molecule has 2 heterocycles. The van der Waals surface area contributed by atoms with Gasteiger partial charge in [-0.1, -0.05) is 0 Å². The summed E-state index contributed by atoms with van der Waals surface area (Å²) in [6.07, 6.45) is 1.95. The van der Waals surface area contributed by atoms with Gasteiger partial charge in [0.15, 0.2) is 0 Å². The zero-order valence-electron chi connectivity index (χ0n) is 14.3. The van der Waals surface area contributed by atoms with E-state index in [-0.39, 0.29) is 42.4 Å². The lowest BCUT2D eigenvalue weighted by Gasteiger charge is -2.35. The lowest BCUT2D eigenvalue weighted by Crippen LogP contribution is -2.47. The minimum Gasteiger partial charge on any atom is -0.342 e. The zero-order chi connectivity index (χ0) is 18.1. The Morgan fingerprint density at radius 1 is 1.32 bits per heavy atom. The van der Waals surface area contributed by atoms with Crippen LogP contribution in [0.2, 0.25) is 0 Å². The molecule has 5 nitrogen and oxygen atoms in total. The number of hydrogen-bond acceptors (Lipinski definition) is 3. The van der Waals surface area contributed by atoms with Crippen molar-refractivity contribution in [1.29, 1.82) is 0 Å². The molecule has 7 heteroatoms. The van der Waals surface area contributed by atoms with E-state index in [2.05, 4.69) is 0 Å². The highest BCUT2D eigenvalue weighted by Gasteiger charge is 2.39. The Labute approximate surface area is 145 Å². The third kappa shape index (κ3) is 3.66. The number of likely N-dealkylation sites (tertiary alicyclic amines) is 1. The van der Waals surface area contributed by atoms with Crippen molar-refractivity contribution in [3.63, 3.8) is 0 Å². The van der Waals surface area contributed by atoms with Gasteiger partial charge in [0, 0.05) is 38.2 Å². The summed E-state index contributed by atoms with van der Waals surface area (Å²) in [5, 5.41) is 0. The van der Waals surface area contributed by atoms with Crippen molar-refractivity contribution in [3.8, 4) is 0 Å². The lowest BCUT2D eigenvalue weighted by atomic mass is 9.91. The van der Waals surface area contributed by atoms with E-state index in [1.807, 2.05) is 6.92 Å². The number of nitrogens with two attached hydrogens (primary N) is 1. The van der Waals surface area contributed by atoms with Gasteiger partial charge >= 0.3 is 0 Å². The van der Waals surface area contributed by atoms with Crippen LogP contribution >= 0.6 is 0 Å². The van der Waals surface area contributed by atoms with Crippen molar-refractivity contribution in [3.05, 3.63) is 29.8 Å². The van der Waals surface area contributed by atoms with Crippen LogP contribution in [0.4, 0.5) is 14.5 Å². The first-order valence-corrected chi connectivity index (χ1v) is 8.66. The van der Waals surface area contributed by atoms with Crippen molar-refractivity contribution >= 4 is 17.5 Å². The Hall–Kier alpha value is -2.02. The SMILES string of the molecule is CC(N)C1CCCN(C(=O)C2CC(=O)N(c3ccc(F)cc3F)C2)C1. The van der Waals surface area contributed by atoms with E-state index in [1.54, 1.807) is 4.90 Å². The second kappa shape index (κ2) is 7.07. The second-order valence-electron chi connectivity index (χ2n) is 7.05. The Kier molecular flexibility index (Phi) is 5.03. The molecule has 3 unspecified atom stereocenters. The number of carbonyl (C=O) groups is 2. The zero-order valence-corrected chi connectivity index (χ0v) is 14.3. The van der Waals surface area contributed by atoms with Crippen molar-refractivity contribution in [1.82, 2.24) is 4.90 Å². The van der Waals surface area contributed by atoms with Gasteiger partial charge in [0.1, 0.15) is 11.6 Å². The molecule has 0 saturated carbocycles. The van der Waals surface area contributed by atoms with Crippen LogP contribution in [0.1, 0.15) is 26.2 Å². The number of hydrogen-bond donors (Lipinski definition) is 1. The van der Waals surface area contributed by atoms with Crippen LogP contribution in [0, 0.1) is 23.5 Å². The molecule has 3 atom stereocenters. The number of anilines is 1.